The number of carboxylic acid groups (broad SMARTS) is 1. The van der Waals surface area contributed by atoms with Gasteiger partial charge in [-0.15, -0.1) is 0 Å². The van der Waals surface area contributed by atoms with Crippen LogP contribution in [0.25, 0.3) is 0 Å². The van der Waals surface area contributed by atoms with Crippen LogP contribution in [0.2, 0.25) is 10.0 Å². The van der Waals surface area contributed by atoms with Crippen molar-refractivity contribution in [2.45, 2.75) is 48.6 Å². The number of anilines is 2. The number of nitrogens with zero attached hydrogens (tertiary/aromatic N) is 3. The zero-order valence-corrected chi connectivity index (χ0v) is 32.8. The normalized spacial score (nSPS) is 15.1. The number of aryl methyl sites for hydroxylation is 1. The quantitative estimate of drug-likeness (QED) is 0.134. The minimum atomic E-state index is -4.67. The Hall–Kier alpha value is -4.95. The lowest BCUT2D eigenvalue weighted by Gasteiger charge is -2.33. The molecule has 0 aliphatic carbocycles. The van der Waals surface area contributed by atoms with Crippen LogP contribution in [0.5, 0.6) is 0 Å². The summed E-state index contributed by atoms with van der Waals surface area (Å²) < 4.78 is 74.1. The van der Waals surface area contributed by atoms with E-state index in [1.54, 1.807) is 36.1 Å². The number of likely N-dealkylation sites (tertiary alicyclic amines) is 1. The Morgan fingerprint density at radius 2 is 1.36 bits per heavy atom. The van der Waals surface area contributed by atoms with Crippen molar-refractivity contribution in [2.24, 2.45) is 0 Å². The lowest BCUT2D eigenvalue weighted by atomic mass is 10.0. The first kappa shape index (κ1) is 39.7. The second-order valence-corrected chi connectivity index (χ2v) is 17.5. The predicted octanol–water partition coefficient (Wildman–Crippen LogP) is 8.33. The summed E-state index contributed by atoms with van der Waals surface area (Å²) in [6.07, 6.45) is 1.24. The van der Waals surface area contributed by atoms with Gasteiger partial charge in [0.15, 0.2) is 6.04 Å². The Bertz CT molecular complexity index is 2450. The van der Waals surface area contributed by atoms with E-state index in [9.17, 15) is 35.9 Å². The number of carbonyl (C=O) groups excluding carboxylic acids is 1. The highest BCUT2D eigenvalue weighted by atomic mass is 35.5. The first-order valence-corrected chi connectivity index (χ1v) is 20.8. The fourth-order valence-corrected chi connectivity index (χ4v) is 10.6. The SMILES string of the molecule is Cc1ccccc1S(=O)(=O)N(c1ccc(Cl)cc1)C(C(=O)O)c1cccc(S(=O)(=O)N(CC(=O)N2CCCC2c2ccc(F)cc2)c2ccc(Cl)cc2)c1C. The molecule has 1 aliphatic rings. The second kappa shape index (κ2) is 16.0. The summed E-state index contributed by atoms with van der Waals surface area (Å²) in [7, 11) is -9.28. The van der Waals surface area contributed by atoms with E-state index in [0.717, 1.165) is 8.61 Å². The number of carbonyl (C=O) groups is 2. The van der Waals surface area contributed by atoms with Crippen molar-refractivity contribution < 1.29 is 35.9 Å². The van der Waals surface area contributed by atoms with Crippen LogP contribution < -0.4 is 8.61 Å². The van der Waals surface area contributed by atoms with Crippen LogP contribution in [-0.4, -0.2) is 51.8 Å². The number of aliphatic carboxylic acids is 1. The van der Waals surface area contributed by atoms with Crippen LogP contribution in [0, 0.1) is 19.7 Å². The third kappa shape index (κ3) is 8.06. The van der Waals surface area contributed by atoms with Gasteiger partial charge in [0.25, 0.3) is 20.0 Å². The van der Waals surface area contributed by atoms with Gasteiger partial charge in [-0.25, -0.2) is 30.3 Å². The van der Waals surface area contributed by atoms with Crippen molar-refractivity contribution in [3.05, 3.63) is 153 Å². The lowest BCUT2D eigenvalue weighted by molar-refractivity contribution is -0.138. The fraction of sp³-hybridized carbons (Fsp3) is 0.200. The van der Waals surface area contributed by atoms with E-state index in [-0.39, 0.29) is 37.3 Å². The van der Waals surface area contributed by atoms with Gasteiger partial charge in [0.1, 0.15) is 12.4 Å². The molecule has 15 heteroatoms. The van der Waals surface area contributed by atoms with Crippen LogP contribution in [0.15, 0.2) is 125 Å². The van der Waals surface area contributed by atoms with E-state index in [2.05, 4.69) is 0 Å². The molecule has 0 radical (unpaired) electrons. The maximum Gasteiger partial charge on any atom is 0.332 e. The molecular weight excluding hydrogens is 788 g/mol. The van der Waals surface area contributed by atoms with Crippen LogP contribution in [0.3, 0.4) is 0 Å². The Balaban J connectivity index is 1.46. The Kier molecular flexibility index (Phi) is 11.6. The number of carboxylic acids is 1. The number of hydrogen-bond donors (Lipinski definition) is 1. The molecule has 1 N–H and O–H groups in total. The van der Waals surface area contributed by atoms with Gasteiger partial charge >= 0.3 is 5.97 Å². The zero-order chi connectivity index (χ0) is 39.7. The topological polar surface area (TPSA) is 132 Å². The van der Waals surface area contributed by atoms with Crippen molar-refractivity contribution in [1.82, 2.24) is 4.90 Å². The number of rotatable bonds is 12. The molecule has 10 nitrogen and oxygen atoms in total. The first-order chi connectivity index (χ1) is 26.1. The third-order valence-electron chi connectivity index (χ3n) is 9.59. The highest BCUT2D eigenvalue weighted by Crippen LogP contribution is 2.39. The van der Waals surface area contributed by atoms with Crippen molar-refractivity contribution in [1.29, 1.82) is 0 Å². The maximum absolute atomic E-state index is 14.8. The molecule has 1 aliphatic heterocycles. The smallest absolute Gasteiger partial charge is 0.332 e. The van der Waals surface area contributed by atoms with E-state index in [1.807, 2.05) is 0 Å². The number of halogens is 3. The molecule has 1 fully saturated rings. The summed E-state index contributed by atoms with van der Waals surface area (Å²) in [5.41, 5.74) is 0.982. The standard InChI is InChI=1S/C40H36Cl2FN3O7S2/c1-26-7-3-4-10-36(26)55(52,53)46(33-22-16-30(42)17-23-33)39(40(48)49)34-8-5-11-37(27(34)2)54(50,51)45(32-20-14-29(41)15-21-32)25-38(47)44-24-6-9-35(44)28-12-18-31(43)19-13-28/h3-5,7-8,10-23,35,39H,6,9,24-25H2,1-2H3,(H,48,49). The van der Waals surface area contributed by atoms with Gasteiger partial charge in [0.2, 0.25) is 5.91 Å². The number of sulfonamides is 2. The van der Waals surface area contributed by atoms with Gasteiger partial charge in [0.05, 0.1) is 27.2 Å². The molecule has 6 rings (SSSR count). The summed E-state index contributed by atoms with van der Waals surface area (Å²) in [5.74, 6) is -2.51. The summed E-state index contributed by atoms with van der Waals surface area (Å²) in [5, 5.41) is 11.4. The fourth-order valence-electron chi connectivity index (χ4n) is 6.88. The first-order valence-electron chi connectivity index (χ1n) is 17.1. The second-order valence-electron chi connectivity index (χ2n) is 13.0. The molecule has 286 valence electrons. The molecule has 1 amide bonds. The number of benzene rings is 5. The van der Waals surface area contributed by atoms with Crippen LogP contribution >= 0.6 is 23.2 Å². The molecule has 2 unspecified atom stereocenters. The molecule has 2 atom stereocenters. The summed E-state index contributed by atoms with van der Waals surface area (Å²) in [6, 6.07) is 25.0. The van der Waals surface area contributed by atoms with E-state index in [4.69, 9.17) is 23.2 Å². The van der Waals surface area contributed by atoms with Crippen molar-refractivity contribution in [3.63, 3.8) is 0 Å². The van der Waals surface area contributed by atoms with Crippen LogP contribution in [-0.2, 0) is 29.6 Å². The molecular formula is C40H36Cl2FN3O7S2. The minimum absolute atomic E-state index is 0.0255. The Labute approximate surface area is 329 Å². The highest BCUT2D eigenvalue weighted by molar-refractivity contribution is 7.93. The molecule has 1 heterocycles. The summed E-state index contributed by atoms with van der Waals surface area (Å²) >= 11 is 12.3. The van der Waals surface area contributed by atoms with Gasteiger partial charge in [-0.05, 0) is 122 Å². The average molecular weight is 825 g/mol. The van der Waals surface area contributed by atoms with Gasteiger partial charge in [-0.3, -0.25) is 9.10 Å². The number of amides is 1. The van der Waals surface area contributed by atoms with E-state index in [0.29, 0.717) is 35.5 Å². The average Bonchev–Trinajstić information content (AvgIpc) is 3.64. The van der Waals surface area contributed by atoms with Crippen molar-refractivity contribution >= 4 is 66.5 Å². The Morgan fingerprint density at radius 3 is 1.96 bits per heavy atom. The van der Waals surface area contributed by atoms with Crippen LogP contribution in [0.4, 0.5) is 15.8 Å². The van der Waals surface area contributed by atoms with Gasteiger partial charge in [-0.1, -0.05) is 65.7 Å². The van der Waals surface area contributed by atoms with Crippen molar-refractivity contribution in [2.75, 3.05) is 21.7 Å². The van der Waals surface area contributed by atoms with Gasteiger partial charge < -0.3 is 10.0 Å². The molecule has 0 aromatic heterocycles. The van der Waals surface area contributed by atoms with Crippen LogP contribution in [0.1, 0.15) is 47.2 Å². The van der Waals surface area contributed by atoms with E-state index < -0.39 is 56.4 Å². The molecule has 0 saturated carbocycles. The van der Waals surface area contributed by atoms with Crippen molar-refractivity contribution in [3.8, 4) is 0 Å². The summed E-state index contributed by atoms with van der Waals surface area (Å²) in [4.78, 5) is 28.5. The van der Waals surface area contributed by atoms with E-state index in [1.165, 1.54) is 97.9 Å². The molecule has 55 heavy (non-hydrogen) atoms. The zero-order valence-electron chi connectivity index (χ0n) is 29.6. The predicted molar refractivity (Wildman–Crippen MR) is 210 cm³/mol. The van der Waals surface area contributed by atoms with E-state index >= 15 is 0 Å². The largest absolute Gasteiger partial charge is 0.479 e. The molecule has 1 saturated heterocycles. The minimum Gasteiger partial charge on any atom is -0.479 e. The molecule has 5 aromatic carbocycles. The van der Waals surface area contributed by atoms with Gasteiger partial charge in [-0.2, -0.15) is 0 Å². The third-order valence-corrected chi connectivity index (χ3v) is 14.0. The lowest BCUT2D eigenvalue weighted by Crippen LogP contribution is -2.43. The molecule has 5 aromatic rings. The maximum atomic E-state index is 14.8. The number of hydrogen-bond acceptors (Lipinski definition) is 6. The molecule has 0 bridgehead atoms. The summed E-state index contributed by atoms with van der Waals surface area (Å²) in [6.45, 7) is 2.69. The monoisotopic (exact) mass is 823 g/mol. The molecule has 0 spiro atoms. The highest BCUT2D eigenvalue weighted by Gasteiger charge is 2.41. The van der Waals surface area contributed by atoms with Gasteiger partial charge in [0, 0.05) is 16.6 Å². The Morgan fingerprint density at radius 1 is 0.782 bits per heavy atom.